The van der Waals surface area contributed by atoms with E-state index in [9.17, 15) is 22.4 Å². The van der Waals surface area contributed by atoms with Gasteiger partial charge >= 0.3 is 6.03 Å². The Morgan fingerprint density at radius 2 is 1.65 bits per heavy atom. The van der Waals surface area contributed by atoms with Crippen molar-refractivity contribution in [3.05, 3.63) is 47.2 Å². The van der Waals surface area contributed by atoms with Gasteiger partial charge in [-0.05, 0) is 67.9 Å². The fourth-order valence-corrected chi connectivity index (χ4v) is 6.47. The maximum Gasteiger partial charge on any atom is 0.323 e. The molecule has 2 aromatic rings. The maximum atomic E-state index is 14.3. The lowest BCUT2D eigenvalue weighted by Gasteiger charge is -2.35. The first-order valence-corrected chi connectivity index (χ1v) is 15.5. The number of carbonyl (C=O) groups excluding carboxylic acids is 2. The van der Waals surface area contributed by atoms with Crippen LogP contribution in [-0.2, 0) is 14.8 Å². The lowest BCUT2D eigenvalue weighted by molar-refractivity contribution is -0.121. The molecule has 40 heavy (non-hydrogen) atoms. The average molecular weight is 595 g/mol. The third kappa shape index (κ3) is 8.23. The number of ether oxygens (including phenoxy) is 1. The van der Waals surface area contributed by atoms with Crippen molar-refractivity contribution >= 4 is 50.6 Å². The normalized spacial score (nSPS) is 16.7. The smallest absolute Gasteiger partial charge is 0.323 e. The number of nitrogens with one attached hydrogen (secondary N) is 4. The molecular weight excluding hydrogens is 559 g/mol. The summed E-state index contributed by atoms with van der Waals surface area (Å²) in [5.74, 6) is -0.414. The fourth-order valence-electron chi connectivity index (χ4n) is 5.01. The van der Waals surface area contributed by atoms with Crippen LogP contribution in [0, 0.1) is 17.7 Å². The van der Waals surface area contributed by atoms with E-state index in [1.807, 2.05) is 4.72 Å². The molecule has 0 spiro atoms. The Morgan fingerprint density at radius 1 is 0.975 bits per heavy atom. The van der Waals surface area contributed by atoms with Crippen LogP contribution in [0.5, 0.6) is 5.75 Å². The third-order valence-electron chi connectivity index (χ3n) is 7.21. The van der Waals surface area contributed by atoms with Crippen LogP contribution < -0.4 is 25.4 Å². The predicted molar refractivity (Wildman–Crippen MR) is 155 cm³/mol. The molecule has 0 radical (unpaired) electrons. The molecule has 0 saturated heterocycles. The van der Waals surface area contributed by atoms with Gasteiger partial charge in [0, 0.05) is 17.1 Å². The van der Waals surface area contributed by atoms with Crippen molar-refractivity contribution in [1.82, 2.24) is 4.72 Å². The number of anilines is 3. The van der Waals surface area contributed by atoms with Crippen LogP contribution in [0.3, 0.4) is 0 Å². The topological polar surface area (TPSA) is 126 Å². The second kappa shape index (κ2) is 13.1. The number of hydrogen-bond donors (Lipinski definition) is 4. The van der Waals surface area contributed by atoms with Gasteiger partial charge in [0.1, 0.15) is 11.6 Å². The number of rotatable bonds is 11. The Morgan fingerprint density at radius 3 is 2.30 bits per heavy atom. The van der Waals surface area contributed by atoms with Gasteiger partial charge in [-0.2, -0.15) is 0 Å². The fraction of sp³-hybridized carbons (Fsp3) is 0.500. The van der Waals surface area contributed by atoms with Crippen molar-refractivity contribution in [3.63, 3.8) is 0 Å². The minimum Gasteiger partial charge on any atom is -0.484 e. The first-order chi connectivity index (χ1) is 19.0. The van der Waals surface area contributed by atoms with Crippen molar-refractivity contribution in [1.29, 1.82) is 0 Å². The Balaban J connectivity index is 1.51. The van der Waals surface area contributed by atoms with Gasteiger partial charge < -0.3 is 20.7 Å². The second-order valence-corrected chi connectivity index (χ2v) is 13.2. The molecule has 2 aliphatic rings. The molecule has 9 nitrogen and oxygen atoms in total. The molecule has 0 aliphatic heterocycles. The van der Waals surface area contributed by atoms with Gasteiger partial charge in [0.2, 0.25) is 10.0 Å². The number of sulfonamides is 1. The molecule has 0 heterocycles. The molecule has 2 fully saturated rings. The molecule has 0 aromatic heterocycles. The summed E-state index contributed by atoms with van der Waals surface area (Å²) in [6, 6.07) is 8.33. The highest BCUT2D eigenvalue weighted by Gasteiger charge is 2.36. The molecule has 0 bridgehead atoms. The molecule has 1 atom stereocenters. The lowest BCUT2D eigenvalue weighted by Crippen LogP contribution is -2.36. The van der Waals surface area contributed by atoms with E-state index in [2.05, 4.69) is 29.8 Å². The molecule has 4 rings (SSSR count). The first-order valence-electron chi connectivity index (χ1n) is 13.6. The SMILES string of the molecule is CC(C)C(Nc1ccc(OCC(=O)NS(=O)(=O)C2CC2)cc1NC(=O)Nc1ccc(Cl)cc1F)C1CCCCC1. The van der Waals surface area contributed by atoms with E-state index in [0.29, 0.717) is 36.1 Å². The minimum atomic E-state index is -3.68. The first kappa shape index (κ1) is 29.9. The Hall–Kier alpha value is -3.05. The molecular formula is C28H36ClFN4O5S. The van der Waals surface area contributed by atoms with Gasteiger partial charge in [0.15, 0.2) is 6.61 Å². The number of hydrogen-bond acceptors (Lipinski definition) is 6. The van der Waals surface area contributed by atoms with Crippen molar-refractivity contribution in [2.45, 2.75) is 70.1 Å². The molecule has 2 saturated carbocycles. The molecule has 2 aliphatic carbocycles. The largest absolute Gasteiger partial charge is 0.484 e. The number of amides is 3. The molecule has 1 unspecified atom stereocenters. The highest BCUT2D eigenvalue weighted by molar-refractivity contribution is 7.90. The summed E-state index contributed by atoms with van der Waals surface area (Å²) in [4.78, 5) is 25.1. The highest BCUT2D eigenvalue weighted by atomic mass is 35.5. The van der Waals surface area contributed by atoms with Crippen LogP contribution in [0.25, 0.3) is 0 Å². The lowest BCUT2D eigenvalue weighted by atomic mass is 9.79. The van der Waals surface area contributed by atoms with E-state index in [0.717, 1.165) is 18.9 Å². The summed E-state index contributed by atoms with van der Waals surface area (Å²) in [5.41, 5.74) is 0.959. The number of benzene rings is 2. The van der Waals surface area contributed by atoms with E-state index < -0.39 is 39.6 Å². The summed E-state index contributed by atoms with van der Waals surface area (Å²) >= 11 is 5.81. The van der Waals surface area contributed by atoms with E-state index in [4.69, 9.17) is 16.3 Å². The number of halogens is 2. The summed E-state index contributed by atoms with van der Waals surface area (Å²) in [5, 5.41) is 8.51. The van der Waals surface area contributed by atoms with E-state index in [1.165, 1.54) is 31.4 Å². The average Bonchev–Trinajstić information content (AvgIpc) is 3.75. The molecule has 2 aromatic carbocycles. The number of carbonyl (C=O) groups is 2. The molecule has 3 amide bonds. The zero-order valence-electron chi connectivity index (χ0n) is 22.6. The van der Waals surface area contributed by atoms with Crippen LogP contribution in [0.15, 0.2) is 36.4 Å². The van der Waals surface area contributed by atoms with E-state index in [1.54, 1.807) is 18.2 Å². The zero-order chi connectivity index (χ0) is 28.9. The quantitative estimate of drug-likeness (QED) is 0.248. The second-order valence-electron chi connectivity index (χ2n) is 10.8. The van der Waals surface area contributed by atoms with Crippen LogP contribution in [-0.4, -0.2) is 38.3 Å². The summed E-state index contributed by atoms with van der Waals surface area (Å²) < 4.78 is 45.9. The highest BCUT2D eigenvalue weighted by Crippen LogP contribution is 2.35. The van der Waals surface area contributed by atoms with E-state index >= 15 is 0 Å². The van der Waals surface area contributed by atoms with Crippen molar-refractivity contribution in [2.24, 2.45) is 11.8 Å². The number of urea groups is 1. The van der Waals surface area contributed by atoms with Crippen molar-refractivity contribution in [2.75, 3.05) is 22.6 Å². The van der Waals surface area contributed by atoms with E-state index in [-0.39, 0.29) is 22.5 Å². The van der Waals surface area contributed by atoms with Gasteiger partial charge in [-0.15, -0.1) is 0 Å². The van der Waals surface area contributed by atoms with Crippen LogP contribution in [0.2, 0.25) is 5.02 Å². The van der Waals surface area contributed by atoms with Gasteiger partial charge in [-0.1, -0.05) is 44.7 Å². The molecule has 12 heteroatoms. The monoisotopic (exact) mass is 594 g/mol. The third-order valence-corrected chi connectivity index (χ3v) is 9.30. The predicted octanol–water partition coefficient (Wildman–Crippen LogP) is 6.13. The van der Waals surface area contributed by atoms with Crippen molar-refractivity contribution < 1.29 is 27.1 Å². The molecule has 218 valence electrons. The zero-order valence-corrected chi connectivity index (χ0v) is 24.2. The van der Waals surface area contributed by atoms with Gasteiger partial charge in [-0.3, -0.25) is 4.79 Å². The van der Waals surface area contributed by atoms with Crippen LogP contribution >= 0.6 is 11.6 Å². The Bertz CT molecular complexity index is 1330. The summed E-state index contributed by atoms with van der Waals surface area (Å²) in [6.45, 7) is 3.79. The molecule has 4 N–H and O–H groups in total. The maximum absolute atomic E-state index is 14.3. The van der Waals surface area contributed by atoms with Crippen molar-refractivity contribution in [3.8, 4) is 5.75 Å². The van der Waals surface area contributed by atoms with Gasteiger partial charge in [0.05, 0.1) is 22.3 Å². The van der Waals surface area contributed by atoms with Crippen LogP contribution in [0.1, 0.15) is 58.8 Å². The van der Waals surface area contributed by atoms with Crippen LogP contribution in [0.4, 0.5) is 26.2 Å². The minimum absolute atomic E-state index is 0.0420. The van der Waals surface area contributed by atoms with Gasteiger partial charge in [0.25, 0.3) is 5.91 Å². The summed E-state index contributed by atoms with van der Waals surface area (Å²) in [6.07, 6.45) is 6.91. The Kier molecular flexibility index (Phi) is 9.78. The summed E-state index contributed by atoms with van der Waals surface area (Å²) in [7, 11) is -3.68. The Labute approximate surface area is 239 Å². The standard InChI is InChI=1S/C28H36ClFN4O5S/c1-17(2)27(18-6-4-3-5-7-18)31-24-13-9-20(39-16-26(35)34-40(37,38)21-10-11-21)15-25(24)33-28(36)32-23-12-8-19(29)14-22(23)30/h8-9,12-15,17-18,21,27,31H,3-7,10-11,16H2,1-2H3,(H,34,35)(H2,32,33,36). The van der Waals surface area contributed by atoms with Gasteiger partial charge in [-0.25, -0.2) is 22.3 Å².